The van der Waals surface area contributed by atoms with Gasteiger partial charge in [0.05, 0.1) is 13.7 Å². The Kier molecular flexibility index (Phi) is 7.25. The SMILES string of the molecule is COC(=O)C(Cc1ccc(OCCO)cc1)Oc1ccc(C(C)(C)C)cc1. The fraction of sp³-hybridized carbons (Fsp3) is 0.409. The lowest BCUT2D eigenvalue weighted by Crippen LogP contribution is -2.30. The third-order valence-electron chi connectivity index (χ3n) is 4.17. The van der Waals surface area contributed by atoms with Crippen LogP contribution in [-0.2, 0) is 21.4 Å². The third kappa shape index (κ3) is 6.29. The fourth-order valence-corrected chi connectivity index (χ4v) is 2.60. The van der Waals surface area contributed by atoms with Crippen LogP contribution < -0.4 is 9.47 Å². The van der Waals surface area contributed by atoms with E-state index < -0.39 is 12.1 Å². The summed E-state index contributed by atoms with van der Waals surface area (Å²) in [6, 6.07) is 15.1. The molecule has 5 nitrogen and oxygen atoms in total. The molecule has 2 aromatic carbocycles. The lowest BCUT2D eigenvalue weighted by Gasteiger charge is -2.21. The summed E-state index contributed by atoms with van der Waals surface area (Å²) in [5.74, 6) is 0.873. The Morgan fingerprint density at radius 1 is 1.00 bits per heavy atom. The minimum Gasteiger partial charge on any atom is -0.491 e. The normalized spacial score (nSPS) is 12.3. The molecule has 2 aromatic rings. The van der Waals surface area contributed by atoms with Gasteiger partial charge in [0.25, 0.3) is 0 Å². The van der Waals surface area contributed by atoms with E-state index in [1.54, 1.807) is 12.1 Å². The molecule has 1 N–H and O–H groups in total. The average molecular weight is 372 g/mol. The van der Waals surface area contributed by atoms with Gasteiger partial charge in [0.1, 0.15) is 18.1 Å². The van der Waals surface area contributed by atoms with Crippen LogP contribution in [0.3, 0.4) is 0 Å². The van der Waals surface area contributed by atoms with Crippen molar-refractivity contribution in [1.82, 2.24) is 0 Å². The smallest absolute Gasteiger partial charge is 0.347 e. The maximum Gasteiger partial charge on any atom is 0.347 e. The number of esters is 1. The number of rotatable bonds is 8. The van der Waals surface area contributed by atoms with Crippen molar-refractivity contribution in [3.05, 3.63) is 59.7 Å². The van der Waals surface area contributed by atoms with Crippen LogP contribution in [0, 0.1) is 0 Å². The quantitative estimate of drug-likeness (QED) is 0.718. The Balaban J connectivity index is 2.08. The lowest BCUT2D eigenvalue weighted by atomic mass is 9.87. The van der Waals surface area contributed by atoms with Crippen molar-refractivity contribution in [2.45, 2.75) is 38.7 Å². The molecule has 0 aliphatic carbocycles. The summed E-state index contributed by atoms with van der Waals surface area (Å²) in [5.41, 5.74) is 2.18. The van der Waals surface area contributed by atoms with Crippen molar-refractivity contribution >= 4 is 5.97 Å². The van der Waals surface area contributed by atoms with Crippen molar-refractivity contribution in [2.75, 3.05) is 20.3 Å². The second-order valence-electron chi connectivity index (χ2n) is 7.32. The van der Waals surface area contributed by atoms with E-state index in [0.29, 0.717) is 17.9 Å². The van der Waals surface area contributed by atoms with E-state index in [9.17, 15) is 4.79 Å². The van der Waals surface area contributed by atoms with Crippen LogP contribution in [-0.4, -0.2) is 37.5 Å². The molecule has 0 radical (unpaired) electrons. The fourth-order valence-electron chi connectivity index (χ4n) is 2.60. The number of methoxy groups -OCH3 is 1. The van der Waals surface area contributed by atoms with Gasteiger partial charge in [-0.3, -0.25) is 0 Å². The van der Waals surface area contributed by atoms with Gasteiger partial charge in [-0.1, -0.05) is 45.0 Å². The molecule has 0 aromatic heterocycles. The highest BCUT2D eigenvalue weighted by molar-refractivity contribution is 5.75. The molecule has 0 fully saturated rings. The molecular weight excluding hydrogens is 344 g/mol. The first kappa shape index (κ1) is 20.8. The minimum absolute atomic E-state index is 0.0337. The molecule has 1 unspecified atom stereocenters. The summed E-state index contributed by atoms with van der Waals surface area (Å²) in [7, 11) is 1.35. The van der Waals surface area contributed by atoms with Crippen molar-refractivity contribution in [2.24, 2.45) is 0 Å². The van der Waals surface area contributed by atoms with Crippen LogP contribution in [0.2, 0.25) is 0 Å². The minimum atomic E-state index is -0.736. The summed E-state index contributed by atoms with van der Waals surface area (Å²) in [5, 5.41) is 8.80. The molecule has 0 bridgehead atoms. The number of hydrogen-bond donors (Lipinski definition) is 1. The van der Waals surface area contributed by atoms with E-state index in [-0.39, 0.29) is 18.6 Å². The number of carbonyl (C=O) groups is 1. The molecule has 1 atom stereocenters. The Hall–Kier alpha value is -2.53. The Morgan fingerprint density at radius 3 is 2.11 bits per heavy atom. The first-order valence-electron chi connectivity index (χ1n) is 9.01. The van der Waals surface area contributed by atoms with Gasteiger partial charge in [-0.25, -0.2) is 4.79 Å². The third-order valence-corrected chi connectivity index (χ3v) is 4.17. The number of aliphatic hydroxyl groups excluding tert-OH is 1. The second-order valence-corrected chi connectivity index (χ2v) is 7.32. The number of hydrogen-bond acceptors (Lipinski definition) is 5. The van der Waals surface area contributed by atoms with Gasteiger partial charge in [-0.2, -0.15) is 0 Å². The molecular formula is C22H28O5. The van der Waals surface area contributed by atoms with E-state index in [2.05, 4.69) is 20.8 Å². The van der Waals surface area contributed by atoms with Crippen molar-refractivity contribution in [3.8, 4) is 11.5 Å². The predicted molar refractivity (Wildman–Crippen MR) is 104 cm³/mol. The zero-order chi connectivity index (χ0) is 19.9. The van der Waals surface area contributed by atoms with Crippen LogP contribution in [0.25, 0.3) is 0 Å². The van der Waals surface area contributed by atoms with Crippen molar-refractivity contribution in [1.29, 1.82) is 0 Å². The predicted octanol–water partition coefficient (Wildman–Crippen LogP) is 3.52. The Morgan fingerprint density at radius 2 is 1.59 bits per heavy atom. The zero-order valence-corrected chi connectivity index (χ0v) is 16.4. The van der Waals surface area contributed by atoms with E-state index in [0.717, 1.165) is 5.56 Å². The van der Waals surface area contributed by atoms with Gasteiger partial charge >= 0.3 is 5.97 Å². The average Bonchev–Trinajstić information content (AvgIpc) is 2.66. The van der Waals surface area contributed by atoms with Crippen LogP contribution in [0.4, 0.5) is 0 Å². The van der Waals surface area contributed by atoms with Crippen LogP contribution in [0.1, 0.15) is 31.9 Å². The van der Waals surface area contributed by atoms with E-state index in [1.165, 1.54) is 12.7 Å². The molecule has 0 saturated carbocycles. The van der Waals surface area contributed by atoms with Crippen LogP contribution >= 0.6 is 0 Å². The molecule has 0 saturated heterocycles. The number of benzene rings is 2. The van der Waals surface area contributed by atoms with Gasteiger partial charge in [-0.15, -0.1) is 0 Å². The zero-order valence-electron chi connectivity index (χ0n) is 16.4. The number of ether oxygens (including phenoxy) is 3. The van der Waals surface area contributed by atoms with Gasteiger partial charge in [0, 0.05) is 6.42 Å². The van der Waals surface area contributed by atoms with Crippen LogP contribution in [0.15, 0.2) is 48.5 Å². The number of aliphatic hydroxyl groups is 1. The standard InChI is InChI=1S/C22H28O5/c1-22(2,3)17-7-11-19(12-8-17)27-20(21(24)25-4)15-16-5-9-18(10-6-16)26-14-13-23/h5-12,20,23H,13-15H2,1-4H3. The van der Waals surface area contributed by atoms with Crippen molar-refractivity contribution < 1.29 is 24.1 Å². The summed E-state index contributed by atoms with van der Waals surface area (Å²) in [6.45, 7) is 6.65. The first-order valence-corrected chi connectivity index (χ1v) is 9.01. The molecule has 0 aliphatic heterocycles. The van der Waals surface area contributed by atoms with E-state index >= 15 is 0 Å². The highest BCUT2D eigenvalue weighted by atomic mass is 16.6. The maximum atomic E-state index is 12.2. The molecule has 2 rings (SSSR count). The molecule has 0 heterocycles. The van der Waals surface area contributed by atoms with E-state index in [1.807, 2.05) is 36.4 Å². The van der Waals surface area contributed by atoms with Gasteiger partial charge in [0.15, 0.2) is 6.10 Å². The highest BCUT2D eigenvalue weighted by Gasteiger charge is 2.22. The lowest BCUT2D eigenvalue weighted by molar-refractivity contribution is -0.148. The topological polar surface area (TPSA) is 65.0 Å². The summed E-state index contributed by atoms with van der Waals surface area (Å²) in [6.07, 6.45) is -0.353. The second kappa shape index (κ2) is 9.42. The summed E-state index contributed by atoms with van der Waals surface area (Å²) < 4.78 is 16.1. The molecule has 0 spiro atoms. The molecule has 146 valence electrons. The first-order chi connectivity index (χ1) is 12.8. The van der Waals surface area contributed by atoms with Gasteiger partial charge < -0.3 is 19.3 Å². The Labute approximate surface area is 160 Å². The maximum absolute atomic E-state index is 12.2. The Bertz CT molecular complexity index is 714. The summed E-state index contributed by atoms with van der Waals surface area (Å²) >= 11 is 0. The van der Waals surface area contributed by atoms with Gasteiger partial charge in [0.2, 0.25) is 0 Å². The molecule has 27 heavy (non-hydrogen) atoms. The van der Waals surface area contributed by atoms with Crippen LogP contribution in [0.5, 0.6) is 11.5 Å². The van der Waals surface area contributed by atoms with Gasteiger partial charge in [-0.05, 0) is 40.8 Å². The van der Waals surface area contributed by atoms with E-state index in [4.69, 9.17) is 19.3 Å². The monoisotopic (exact) mass is 372 g/mol. The molecule has 5 heteroatoms. The number of carbonyl (C=O) groups excluding carboxylic acids is 1. The molecule has 0 aliphatic rings. The largest absolute Gasteiger partial charge is 0.491 e. The molecule has 0 amide bonds. The summed E-state index contributed by atoms with van der Waals surface area (Å²) in [4.78, 5) is 12.2. The van der Waals surface area contributed by atoms with Crippen molar-refractivity contribution in [3.63, 3.8) is 0 Å². The highest BCUT2D eigenvalue weighted by Crippen LogP contribution is 2.25.